The van der Waals surface area contributed by atoms with E-state index in [2.05, 4.69) is 53.4 Å². The summed E-state index contributed by atoms with van der Waals surface area (Å²) in [5, 5.41) is 21.8. The molecule has 8 heteroatoms. The number of hydrogen-bond donors (Lipinski definition) is 3. The number of amides is 1. The molecule has 0 saturated heterocycles. The zero-order chi connectivity index (χ0) is 35.4. The predicted octanol–water partition coefficient (Wildman–Crippen LogP) is 7.50. The molecular weight excluding hydrogens is 606 g/mol. The van der Waals surface area contributed by atoms with Crippen molar-refractivity contribution < 1.29 is 34.1 Å². The molecule has 0 aromatic carbocycles. The summed E-state index contributed by atoms with van der Waals surface area (Å²) in [6, 6.07) is 0. The standard InChI is InChI=1S/C40H61NO7/c1-22(2)23-12-17-40(34(47)41-21-30(42)43)19-18-38(8)24(31(23)40)10-11-28-37(7)15-14-29(36(5,6)27(37)13-16-39(28,38)9)48-33(46)26-20-25(32(44)45)35(26,3)4/h23-29,31H,1,10-21H2,2-9H3,(H,41,47)(H,42,43)(H,44,45)/t23-,24?,25-,26?,27-,28+,29-,31?,37-,38+,39+,40-/m0/s1. The van der Waals surface area contributed by atoms with E-state index in [0.29, 0.717) is 24.2 Å². The molecule has 12 atom stereocenters. The van der Waals surface area contributed by atoms with Crippen LogP contribution in [-0.4, -0.2) is 46.7 Å². The van der Waals surface area contributed by atoms with Gasteiger partial charge in [0.25, 0.3) is 0 Å². The van der Waals surface area contributed by atoms with E-state index in [1.807, 2.05) is 13.8 Å². The van der Waals surface area contributed by atoms with Crippen LogP contribution in [0.15, 0.2) is 12.2 Å². The summed E-state index contributed by atoms with van der Waals surface area (Å²) in [5.74, 6) is -1.29. The van der Waals surface area contributed by atoms with Gasteiger partial charge in [-0.15, -0.1) is 0 Å². The highest BCUT2D eigenvalue weighted by Crippen LogP contribution is 2.77. The number of fused-ring (bicyclic) bond motifs is 7. The van der Waals surface area contributed by atoms with Crippen LogP contribution >= 0.6 is 0 Å². The number of allylic oxidation sites excluding steroid dienone is 1. The van der Waals surface area contributed by atoms with Crippen molar-refractivity contribution in [2.45, 2.75) is 132 Å². The molecule has 0 aliphatic heterocycles. The Hall–Kier alpha value is -2.38. The number of ether oxygens (including phenoxy) is 1. The second-order valence-electron chi connectivity index (χ2n) is 19.2. The van der Waals surface area contributed by atoms with Crippen LogP contribution in [0.1, 0.15) is 126 Å². The lowest BCUT2D eigenvalue weighted by Crippen LogP contribution is -2.67. The molecule has 6 aliphatic rings. The monoisotopic (exact) mass is 667 g/mol. The molecule has 1 amide bonds. The van der Waals surface area contributed by atoms with Crippen LogP contribution in [0.4, 0.5) is 0 Å². The first-order chi connectivity index (χ1) is 22.2. The lowest BCUT2D eigenvalue weighted by molar-refractivity contribution is -0.250. The molecule has 0 bridgehead atoms. The van der Waals surface area contributed by atoms with Crippen molar-refractivity contribution in [2.75, 3.05) is 6.54 Å². The first-order valence-corrected chi connectivity index (χ1v) is 18.8. The van der Waals surface area contributed by atoms with E-state index in [9.17, 15) is 29.4 Å². The lowest BCUT2D eigenvalue weighted by Gasteiger charge is -2.73. The maximum absolute atomic E-state index is 13.9. The van der Waals surface area contributed by atoms with Crippen LogP contribution in [0, 0.1) is 73.9 Å². The van der Waals surface area contributed by atoms with Gasteiger partial charge in [-0.25, -0.2) is 0 Å². The van der Waals surface area contributed by atoms with Crippen LogP contribution in [-0.2, 0) is 23.9 Å². The van der Waals surface area contributed by atoms with Gasteiger partial charge in [-0.1, -0.05) is 60.6 Å². The van der Waals surface area contributed by atoms with Gasteiger partial charge in [0.05, 0.1) is 17.3 Å². The fourth-order valence-electron chi connectivity index (χ4n) is 14.0. The molecule has 0 spiro atoms. The summed E-state index contributed by atoms with van der Waals surface area (Å²) in [5.41, 5.74) is 0.0434. The van der Waals surface area contributed by atoms with E-state index in [-0.39, 0.29) is 63.9 Å². The van der Waals surface area contributed by atoms with Gasteiger partial charge in [-0.05, 0) is 129 Å². The van der Waals surface area contributed by atoms with Crippen LogP contribution in [0.3, 0.4) is 0 Å². The van der Waals surface area contributed by atoms with Crippen LogP contribution < -0.4 is 5.32 Å². The molecule has 3 N–H and O–H groups in total. The number of nitrogens with one attached hydrogen (secondary N) is 1. The lowest BCUT2D eigenvalue weighted by atomic mass is 9.32. The van der Waals surface area contributed by atoms with Gasteiger partial charge in [-0.2, -0.15) is 0 Å². The number of carbonyl (C=O) groups excluding carboxylic acids is 2. The van der Waals surface area contributed by atoms with E-state index in [0.717, 1.165) is 69.8 Å². The Morgan fingerprint density at radius 1 is 0.771 bits per heavy atom. The minimum atomic E-state index is -1.00. The summed E-state index contributed by atoms with van der Waals surface area (Å²) in [7, 11) is 0. The van der Waals surface area contributed by atoms with Crippen molar-refractivity contribution >= 4 is 23.8 Å². The quantitative estimate of drug-likeness (QED) is 0.189. The molecule has 0 aromatic heterocycles. The Labute approximate surface area is 287 Å². The van der Waals surface area contributed by atoms with Gasteiger partial charge in [0, 0.05) is 5.41 Å². The molecule has 6 rings (SSSR count). The van der Waals surface area contributed by atoms with Crippen molar-refractivity contribution in [1.29, 1.82) is 0 Å². The summed E-state index contributed by atoms with van der Waals surface area (Å²) < 4.78 is 6.37. The molecule has 0 aromatic rings. The van der Waals surface area contributed by atoms with Gasteiger partial charge >= 0.3 is 17.9 Å². The number of hydrogen-bond acceptors (Lipinski definition) is 5. The second-order valence-corrected chi connectivity index (χ2v) is 19.2. The molecule has 0 heterocycles. The second kappa shape index (κ2) is 11.3. The molecule has 268 valence electrons. The number of rotatable bonds is 7. The van der Waals surface area contributed by atoms with E-state index >= 15 is 0 Å². The molecule has 6 fully saturated rings. The Morgan fingerprint density at radius 3 is 2.06 bits per heavy atom. The normalized spacial score (nSPS) is 46.8. The minimum absolute atomic E-state index is 0.0487. The molecular formula is C40H61NO7. The first kappa shape index (κ1) is 35.4. The number of esters is 1. The van der Waals surface area contributed by atoms with Crippen LogP contribution in [0.2, 0.25) is 0 Å². The Balaban J connectivity index is 1.25. The number of carboxylic acid groups (broad SMARTS) is 2. The van der Waals surface area contributed by atoms with Crippen molar-refractivity contribution in [1.82, 2.24) is 5.32 Å². The minimum Gasteiger partial charge on any atom is -0.481 e. The zero-order valence-corrected chi connectivity index (χ0v) is 30.7. The van der Waals surface area contributed by atoms with Gasteiger partial charge in [0.2, 0.25) is 5.91 Å². The largest absolute Gasteiger partial charge is 0.481 e. The van der Waals surface area contributed by atoms with Gasteiger partial charge < -0.3 is 20.3 Å². The molecule has 6 saturated carbocycles. The molecule has 48 heavy (non-hydrogen) atoms. The van der Waals surface area contributed by atoms with Crippen LogP contribution in [0.5, 0.6) is 0 Å². The number of carboxylic acids is 2. The highest BCUT2D eigenvalue weighted by molar-refractivity contribution is 5.87. The summed E-state index contributed by atoms with van der Waals surface area (Å²) in [6.07, 6.45) is 9.87. The number of carbonyl (C=O) groups is 4. The fraction of sp³-hybridized carbons (Fsp3) is 0.850. The Bertz CT molecular complexity index is 1400. The molecule has 6 aliphatic carbocycles. The summed E-state index contributed by atoms with van der Waals surface area (Å²) in [6.45, 7) is 22.2. The number of aliphatic carboxylic acids is 2. The smallest absolute Gasteiger partial charge is 0.322 e. The SMILES string of the molecule is C=C(C)[C@@H]1CC[C@]2(C(=O)NCC(=O)O)CC[C@]3(C)C(CC[C@@H]4[C@@]5(C)CC[C@H](OC(=O)C6C[C@@H](C(=O)O)C6(C)C)C(C)(C)[C@@H]5CC[C@]43C)C12. The third-order valence-electron chi connectivity index (χ3n) is 17.0. The molecule has 8 nitrogen and oxygen atoms in total. The van der Waals surface area contributed by atoms with Crippen molar-refractivity contribution in [3.05, 3.63) is 12.2 Å². The van der Waals surface area contributed by atoms with Gasteiger partial charge in [0.1, 0.15) is 12.6 Å². The van der Waals surface area contributed by atoms with Crippen molar-refractivity contribution in [2.24, 2.45) is 73.9 Å². The Morgan fingerprint density at radius 2 is 1.46 bits per heavy atom. The van der Waals surface area contributed by atoms with Crippen LogP contribution in [0.25, 0.3) is 0 Å². The van der Waals surface area contributed by atoms with E-state index in [1.54, 1.807) is 0 Å². The highest BCUT2D eigenvalue weighted by Gasteiger charge is 2.72. The van der Waals surface area contributed by atoms with Gasteiger partial charge in [-0.3, -0.25) is 19.2 Å². The first-order valence-electron chi connectivity index (χ1n) is 18.8. The topological polar surface area (TPSA) is 130 Å². The predicted molar refractivity (Wildman–Crippen MR) is 183 cm³/mol. The van der Waals surface area contributed by atoms with Gasteiger partial charge in [0.15, 0.2) is 0 Å². The Kier molecular flexibility index (Phi) is 8.36. The van der Waals surface area contributed by atoms with Crippen molar-refractivity contribution in [3.63, 3.8) is 0 Å². The average Bonchev–Trinajstić information content (AvgIpc) is 3.38. The molecule has 3 unspecified atom stereocenters. The zero-order valence-electron chi connectivity index (χ0n) is 30.7. The maximum atomic E-state index is 13.9. The van der Waals surface area contributed by atoms with Crippen molar-refractivity contribution in [3.8, 4) is 0 Å². The third kappa shape index (κ3) is 4.72. The third-order valence-corrected chi connectivity index (χ3v) is 17.0. The summed E-state index contributed by atoms with van der Waals surface area (Å²) >= 11 is 0. The molecule has 0 radical (unpaired) electrons. The van der Waals surface area contributed by atoms with E-state index < -0.39 is 28.7 Å². The van der Waals surface area contributed by atoms with E-state index in [4.69, 9.17) is 4.74 Å². The fourth-order valence-corrected chi connectivity index (χ4v) is 14.0. The average molecular weight is 668 g/mol. The van der Waals surface area contributed by atoms with E-state index in [1.165, 1.54) is 0 Å². The highest BCUT2D eigenvalue weighted by atomic mass is 16.5. The maximum Gasteiger partial charge on any atom is 0.322 e. The summed E-state index contributed by atoms with van der Waals surface area (Å²) in [4.78, 5) is 50.6.